The van der Waals surface area contributed by atoms with E-state index in [0.29, 0.717) is 6.10 Å². The number of rotatable bonds is 4. The Morgan fingerprint density at radius 3 is 2.68 bits per heavy atom. The monoisotopic (exact) mass is 327 g/mol. The lowest BCUT2D eigenvalue weighted by Gasteiger charge is -2.28. The van der Waals surface area contributed by atoms with Gasteiger partial charge in [-0.1, -0.05) is 22.0 Å². The molecule has 1 saturated carbocycles. The lowest BCUT2D eigenvalue weighted by molar-refractivity contribution is 0.0209. The highest BCUT2D eigenvalue weighted by Crippen LogP contribution is 2.30. The van der Waals surface area contributed by atoms with Gasteiger partial charge in [0.15, 0.2) is 0 Å². The molecule has 0 aliphatic heterocycles. The van der Waals surface area contributed by atoms with Crippen molar-refractivity contribution in [2.45, 2.75) is 50.9 Å². The molecule has 1 aliphatic rings. The quantitative estimate of drug-likeness (QED) is 0.914. The fraction of sp³-hybridized carbons (Fsp3) is 0.600. The zero-order valence-corrected chi connectivity index (χ0v) is 13.2. The molecule has 0 aromatic heterocycles. The van der Waals surface area contributed by atoms with Gasteiger partial charge in [0, 0.05) is 24.0 Å². The Kier molecular flexibility index (Phi) is 5.25. The highest BCUT2D eigenvalue weighted by Gasteiger charge is 2.23. The van der Waals surface area contributed by atoms with Crippen molar-refractivity contribution < 1.29 is 9.47 Å². The predicted molar refractivity (Wildman–Crippen MR) is 80.4 cm³/mol. The van der Waals surface area contributed by atoms with Crippen molar-refractivity contribution in [1.82, 2.24) is 0 Å². The first-order chi connectivity index (χ1) is 9.10. The molecule has 106 valence electrons. The van der Waals surface area contributed by atoms with E-state index in [1.165, 1.54) is 6.42 Å². The summed E-state index contributed by atoms with van der Waals surface area (Å²) in [6, 6.07) is 6.06. The minimum Gasteiger partial charge on any atom is -0.490 e. The normalized spacial score (nSPS) is 25.1. The largest absolute Gasteiger partial charge is 0.490 e. The second-order valence-electron chi connectivity index (χ2n) is 5.24. The van der Waals surface area contributed by atoms with E-state index in [2.05, 4.69) is 15.9 Å². The first-order valence-electron chi connectivity index (χ1n) is 6.84. The number of hydrogen-bond donors (Lipinski definition) is 1. The molecule has 0 saturated heterocycles. The molecule has 3 nitrogen and oxygen atoms in total. The van der Waals surface area contributed by atoms with Gasteiger partial charge < -0.3 is 15.2 Å². The summed E-state index contributed by atoms with van der Waals surface area (Å²) in [6.45, 7) is 1.98. The minimum atomic E-state index is 0.0241. The minimum absolute atomic E-state index is 0.0241. The Bertz CT molecular complexity index is 423. The Balaban J connectivity index is 2.01. The summed E-state index contributed by atoms with van der Waals surface area (Å²) in [5.74, 6) is 0.901. The van der Waals surface area contributed by atoms with Crippen LogP contribution in [0.2, 0.25) is 0 Å². The van der Waals surface area contributed by atoms with Crippen LogP contribution in [-0.4, -0.2) is 19.3 Å². The van der Waals surface area contributed by atoms with Crippen LogP contribution in [0.1, 0.15) is 44.2 Å². The fourth-order valence-corrected chi connectivity index (χ4v) is 3.28. The number of halogens is 1. The zero-order chi connectivity index (χ0) is 13.8. The molecule has 2 rings (SSSR count). The summed E-state index contributed by atoms with van der Waals surface area (Å²) in [5, 5.41) is 0. The average molecular weight is 328 g/mol. The molecular weight excluding hydrogens is 306 g/mol. The van der Waals surface area contributed by atoms with Crippen LogP contribution >= 0.6 is 15.9 Å². The van der Waals surface area contributed by atoms with Gasteiger partial charge in [0.2, 0.25) is 0 Å². The highest BCUT2D eigenvalue weighted by atomic mass is 79.9. The van der Waals surface area contributed by atoms with Crippen molar-refractivity contribution in [2.24, 2.45) is 5.73 Å². The van der Waals surface area contributed by atoms with Crippen LogP contribution in [0.5, 0.6) is 5.75 Å². The summed E-state index contributed by atoms with van der Waals surface area (Å²) >= 11 is 3.55. The van der Waals surface area contributed by atoms with Crippen molar-refractivity contribution >= 4 is 15.9 Å². The summed E-state index contributed by atoms with van der Waals surface area (Å²) in [7, 11) is 1.78. The van der Waals surface area contributed by atoms with Crippen molar-refractivity contribution in [2.75, 3.05) is 7.11 Å². The van der Waals surface area contributed by atoms with Gasteiger partial charge in [0.25, 0.3) is 0 Å². The average Bonchev–Trinajstić information content (AvgIpc) is 2.38. The summed E-state index contributed by atoms with van der Waals surface area (Å²) < 4.78 is 12.5. The predicted octanol–water partition coefficient (Wildman–Crippen LogP) is 3.81. The van der Waals surface area contributed by atoms with Crippen molar-refractivity contribution in [3.05, 3.63) is 28.2 Å². The molecule has 0 radical (unpaired) electrons. The third-order valence-corrected chi connectivity index (χ3v) is 4.36. The topological polar surface area (TPSA) is 44.5 Å². The van der Waals surface area contributed by atoms with Crippen LogP contribution in [0.25, 0.3) is 0 Å². The van der Waals surface area contributed by atoms with E-state index in [1.54, 1.807) is 7.11 Å². The summed E-state index contributed by atoms with van der Waals surface area (Å²) in [4.78, 5) is 0. The van der Waals surface area contributed by atoms with Gasteiger partial charge in [0.05, 0.1) is 6.10 Å². The molecule has 0 heterocycles. The van der Waals surface area contributed by atoms with Crippen molar-refractivity contribution in [3.63, 3.8) is 0 Å². The van der Waals surface area contributed by atoms with E-state index in [9.17, 15) is 0 Å². The zero-order valence-electron chi connectivity index (χ0n) is 11.6. The molecule has 1 aromatic carbocycles. The smallest absolute Gasteiger partial charge is 0.120 e. The molecule has 0 spiro atoms. The standard InChI is InChI=1S/C15H22BrNO2/c1-10(17)14-7-6-13(9-15(14)16)19-12-5-3-4-11(8-12)18-2/h6-7,9-12H,3-5,8,17H2,1-2H3/t10-,11?,12?/m0/s1. The molecular formula is C15H22BrNO2. The van der Waals surface area contributed by atoms with Crippen LogP contribution in [0.3, 0.4) is 0 Å². The number of nitrogens with two attached hydrogens (primary N) is 1. The number of hydrogen-bond acceptors (Lipinski definition) is 3. The van der Waals surface area contributed by atoms with Gasteiger partial charge in [-0.15, -0.1) is 0 Å². The third kappa shape index (κ3) is 3.94. The molecule has 4 heteroatoms. The van der Waals surface area contributed by atoms with Gasteiger partial charge in [-0.05, 0) is 43.9 Å². The van der Waals surface area contributed by atoms with E-state index in [-0.39, 0.29) is 12.1 Å². The van der Waals surface area contributed by atoms with E-state index < -0.39 is 0 Å². The Hall–Kier alpha value is -0.580. The first-order valence-corrected chi connectivity index (χ1v) is 7.64. The van der Waals surface area contributed by atoms with Crippen LogP contribution < -0.4 is 10.5 Å². The van der Waals surface area contributed by atoms with E-state index in [1.807, 2.05) is 25.1 Å². The number of benzene rings is 1. The highest BCUT2D eigenvalue weighted by molar-refractivity contribution is 9.10. The Labute approximate surface area is 123 Å². The van der Waals surface area contributed by atoms with Crippen LogP contribution in [0, 0.1) is 0 Å². The van der Waals surface area contributed by atoms with Crippen LogP contribution in [-0.2, 0) is 4.74 Å². The van der Waals surface area contributed by atoms with Gasteiger partial charge in [0.1, 0.15) is 11.9 Å². The maximum absolute atomic E-state index is 6.05. The first kappa shape index (κ1) is 14.8. The van der Waals surface area contributed by atoms with E-state index >= 15 is 0 Å². The van der Waals surface area contributed by atoms with E-state index in [0.717, 1.165) is 35.0 Å². The fourth-order valence-electron chi connectivity index (χ4n) is 2.57. The molecule has 1 fully saturated rings. The molecule has 1 aromatic rings. The third-order valence-electron chi connectivity index (χ3n) is 3.68. The van der Waals surface area contributed by atoms with Gasteiger partial charge in [-0.2, -0.15) is 0 Å². The van der Waals surface area contributed by atoms with Crippen molar-refractivity contribution in [3.8, 4) is 5.75 Å². The molecule has 19 heavy (non-hydrogen) atoms. The number of ether oxygens (including phenoxy) is 2. The molecule has 2 unspecified atom stereocenters. The Morgan fingerprint density at radius 2 is 2.05 bits per heavy atom. The summed E-state index contributed by atoms with van der Waals surface area (Å²) in [6.07, 6.45) is 4.99. The molecule has 0 bridgehead atoms. The molecule has 2 N–H and O–H groups in total. The lowest BCUT2D eigenvalue weighted by Crippen LogP contribution is -2.29. The lowest BCUT2D eigenvalue weighted by atomic mass is 9.95. The molecule has 0 amide bonds. The van der Waals surface area contributed by atoms with Gasteiger partial charge >= 0.3 is 0 Å². The Morgan fingerprint density at radius 1 is 1.32 bits per heavy atom. The second-order valence-corrected chi connectivity index (χ2v) is 6.09. The maximum atomic E-state index is 6.05. The number of methoxy groups -OCH3 is 1. The SMILES string of the molecule is COC1CCCC(Oc2ccc([C@H](C)N)c(Br)c2)C1. The summed E-state index contributed by atoms with van der Waals surface area (Å²) in [5.41, 5.74) is 7.00. The van der Waals surface area contributed by atoms with Crippen molar-refractivity contribution in [1.29, 1.82) is 0 Å². The van der Waals surface area contributed by atoms with Crippen LogP contribution in [0.4, 0.5) is 0 Å². The van der Waals surface area contributed by atoms with Gasteiger partial charge in [-0.25, -0.2) is 0 Å². The molecule has 1 aliphatic carbocycles. The second kappa shape index (κ2) is 6.73. The van der Waals surface area contributed by atoms with Gasteiger partial charge in [-0.3, -0.25) is 0 Å². The maximum Gasteiger partial charge on any atom is 0.120 e. The van der Waals surface area contributed by atoms with Crippen LogP contribution in [0.15, 0.2) is 22.7 Å². The van der Waals surface area contributed by atoms with E-state index in [4.69, 9.17) is 15.2 Å². The molecule has 3 atom stereocenters.